The summed E-state index contributed by atoms with van der Waals surface area (Å²) in [6.45, 7) is 7.01. The van der Waals surface area contributed by atoms with Crippen molar-refractivity contribution in [1.82, 2.24) is 42.1 Å². The van der Waals surface area contributed by atoms with Gasteiger partial charge in [-0.15, -0.1) is 0 Å². The van der Waals surface area contributed by atoms with Gasteiger partial charge in [0.15, 0.2) is 6.04 Å². The second kappa shape index (κ2) is 30.5. The van der Waals surface area contributed by atoms with E-state index in [0.717, 1.165) is 11.8 Å². The van der Waals surface area contributed by atoms with Crippen molar-refractivity contribution in [2.75, 3.05) is 18.6 Å². The summed E-state index contributed by atoms with van der Waals surface area (Å²) in [4.78, 5) is 146. The number of carboxylic acids is 1. The minimum atomic E-state index is -1.76. The lowest BCUT2D eigenvalue weighted by atomic mass is 10.0. The Morgan fingerprint density at radius 1 is 0.658 bits per heavy atom. The van der Waals surface area contributed by atoms with Gasteiger partial charge < -0.3 is 79.7 Å². The number of amides is 10. The van der Waals surface area contributed by atoms with Crippen molar-refractivity contribution < 1.29 is 73.2 Å². The Bertz CT molecular complexity index is 2110. The molecule has 11 atom stereocenters. The third-order valence-electron chi connectivity index (χ3n) is 11.6. The standard InChI is InChI=1S/C46H73N11O15S/c1-22(2)20-31(53-38(63)23(3)50-40(65)29(13-15-34(48)61)51-39(64)28(47)17-19-73-6)42(67)52-30(14-16-35(49)62)41(66)55-36(24(4)58)45(70)57-18-7-8-33(57)44(69)54-32(21-26-9-11-27(60)12-10-26)43(68)56-37(25(5)59)46(71)72/h9-12,22-25,28-33,36-37,58-60H,7-8,13-21,47H2,1-6H3,(H2,48,61)(H2,49,62)(H,50,65)(H,51,64)(H,52,67)(H,53,63)(H,54,69)(H,55,66)(H,56,68)(H,71,72)/t23-,24+,25+,28-,29-,30-,31-,32-,33-,36-,37-/m0/s1. The number of carbonyl (C=O) groups is 11. The van der Waals surface area contributed by atoms with Crippen molar-refractivity contribution in [3.8, 4) is 5.75 Å². The molecule has 1 aliphatic rings. The van der Waals surface area contributed by atoms with Gasteiger partial charge in [0.25, 0.3) is 0 Å². The lowest BCUT2D eigenvalue weighted by molar-refractivity contribution is -0.146. The summed E-state index contributed by atoms with van der Waals surface area (Å²) >= 11 is 1.46. The quantitative estimate of drug-likeness (QED) is 0.0336. The zero-order chi connectivity index (χ0) is 55.3. The summed E-state index contributed by atoms with van der Waals surface area (Å²) < 4.78 is 0. The van der Waals surface area contributed by atoms with Gasteiger partial charge >= 0.3 is 5.97 Å². The fourth-order valence-electron chi connectivity index (χ4n) is 7.53. The first-order chi connectivity index (χ1) is 34.2. The number of nitrogens with zero attached hydrogens (tertiary/aromatic N) is 1. The van der Waals surface area contributed by atoms with E-state index < -0.39 is 144 Å². The molecule has 1 saturated heterocycles. The van der Waals surface area contributed by atoms with E-state index in [1.807, 2.05) is 6.26 Å². The average molecular weight is 1050 g/mol. The van der Waals surface area contributed by atoms with Crippen LogP contribution in [0.25, 0.3) is 0 Å². The van der Waals surface area contributed by atoms with E-state index >= 15 is 0 Å². The Balaban J connectivity index is 2.32. The van der Waals surface area contributed by atoms with Crippen molar-refractivity contribution in [3.05, 3.63) is 29.8 Å². The summed E-state index contributed by atoms with van der Waals surface area (Å²) in [5.74, 6) is -10.2. The summed E-state index contributed by atoms with van der Waals surface area (Å²) in [6, 6.07) is -7.28. The van der Waals surface area contributed by atoms with Crippen molar-refractivity contribution >= 4 is 76.8 Å². The molecule has 1 aromatic carbocycles. The largest absolute Gasteiger partial charge is 0.508 e. The lowest BCUT2D eigenvalue weighted by Crippen LogP contribution is -2.62. The fraction of sp³-hybridized carbons (Fsp3) is 0.630. The van der Waals surface area contributed by atoms with Gasteiger partial charge in [-0.2, -0.15) is 11.8 Å². The minimum absolute atomic E-state index is 0.0149. The van der Waals surface area contributed by atoms with Crippen molar-refractivity contribution in [3.63, 3.8) is 0 Å². The van der Waals surface area contributed by atoms with Gasteiger partial charge in [-0.1, -0.05) is 26.0 Å². The number of likely N-dealkylation sites (tertiary alicyclic amines) is 1. The van der Waals surface area contributed by atoms with E-state index in [-0.39, 0.29) is 56.7 Å². The molecule has 0 saturated carbocycles. The number of nitrogens with two attached hydrogens (primary N) is 3. The molecule has 0 spiro atoms. The van der Waals surface area contributed by atoms with Gasteiger partial charge in [-0.05, 0) is 94.9 Å². The molecular formula is C46H73N11O15S. The molecule has 0 radical (unpaired) electrons. The van der Waals surface area contributed by atoms with E-state index in [1.165, 1.54) is 49.9 Å². The summed E-state index contributed by atoms with van der Waals surface area (Å²) in [5.41, 5.74) is 17.0. The predicted octanol–water partition coefficient (Wildman–Crippen LogP) is -4.16. The highest BCUT2D eigenvalue weighted by atomic mass is 32.2. The van der Waals surface area contributed by atoms with Gasteiger partial charge in [-0.25, -0.2) is 4.79 Å². The molecule has 1 aliphatic heterocycles. The number of aliphatic hydroxyl groups is 2. The average Bonchev–Trinajstić information content (AvgIpc) is 3.81. The zero-order valence-electron chi connectivity index (χ0n) is 41.9. The summed E-state index contributed by atoms with van der Waals surface area (Å²) in [5, 5.41) is 57.3. The van der Waals surface area contributed by atoms with Crippen LogP contribution in [0.5, 0.6) is 5.75 Å². The van der Waals surface area contributed by atoms with Crippen LogP contribution >= 0.6 is 11.8 Å². The van der Waals surface area contributed by atoms with Crippen LogP contribution in [0.2, 0.25) is 0 Å². The molecule has 17 N–H and O–H groups in total. The molecule has 0 aromatic heterocycles. The highest BCUT2D eigenvalue weighted by Gasteiger charge is 2.42. The van der Waals surface area contributed by atoms with Crippen LogP contribution in [0.3, 0.4) is 0 Å². The highest BCUT2D eigenvalue weighted by Crippen LogP contribution is 2.21. The van der Waals surface area contributed by atoms with Crippen LogP contribution in [0, 0.1) is 5.92 Å². The smallest absolute Gasteiger partial charge is 0.328 e. The topological polar surface area (TPSA) is 434 Å². The number of hydrogen-bond acceptors (Lipinski definition) is 16. The number of aliphatic hydroxyl groups excluding tert-OH is 2. The second-order valence-electron chi connectivity index (χ2n) is 18.4. The summed E-state index contributed by atoms with van der Waals surface area (Å²) in [6.07, 6.45) is -2.35. The number of benzene rings is 1. The van der Waals surface area contributed by atoms with Gasteiger partial charge in [0, 0.05) is 25.8 Å². The number of phenolic OH excluding ortho intramolecular Hbond substituents is 1. The van der Waals surface area contributed by atoms with Gasteiger partial charge in [-0.3, -0.25) is 47.9 Å². The van der Waals surface area contributed by atoms with E-state index in [2.05, 4.69) is 37.2 Å². The van der Waals surface area contributed by atoms with Gasteiger partial charge in [0.1, 0.15) is 48.0 Å². The molecule has 1 fully saturated rings. The maximum atomic E-state index is 14.2. The molecule has 2 rings (SSSR count). The van der Waals surface area contributed by atoms with Crippen LogP contribution in [0.15, 0.2) is 24.3 Å². The van der Waals surface area contributed by atoms with Crippen LogP contribution < -0.4 is 54.4 Å². The van der Waals surface area contributed by atoms with E-state index in [1.54, 1.807) is 13.8 Å². The summed E-state index contributed by atoms with van der Waals surface area (Å²) in [7, 11) is 0. The number of aliphatic carboxylic acids is 1. The first kappa shape index (κ1) is 62.5. The SMILES string of the molecule is CSCC[C@H](N)C(=O)N[C@@H](CCC(N)=O)C(=O)N[C@@H](C)C(=O)N[C@@H](CC(C)C)C(=O)N[C@@H](CCC(N)=O)C(=O)N[C@H](C(=O)N1CCC[C@H]1C(=O)N[C@@H](Cc1ccc(O)cc1)C(=O)N[C@H](C(=O)O)[C@@H](C)O)[C@@H](C)O. The molecule has 1 aromatic rings. The number of carbonyl (C=O) groups excluding carboxylic acids is 10. The molecule has 0 bridgehead atoms. The maximum absolute atomic E-state index is 14.2. The van der Waals surface area contributed by atoms with Crippen molar-refractivity contribution in [1.29, 1.82) is 0 Å². The van der Waals surface area contributed by atoms with Gasteiger partial charge in [0.05, 0.1) is 18.2 Å². The Morgan fingerprint density at radius 2 is 1.15 bits per heavy atom. The minimum Gasteiger partial charge on any atom is -0.508 e. The second-order valence-corrected chi connectivity index (χ2v) is 19.3. The third-order valence-corrected chi connectivity index (χ3v) is 12.3. The van der Waals surface area contributed by atoms with Crippen molar-refractivity contribution in [2.45, 2.75) is 159 Å². The molecule has 0 unspecified atom stereocenters. The number of primary amides is 2. The number of aromatic hydroxyl groups is 1. The number of hydrogen-bond donors (Lipinski definition) is 14. The normalized spacial score (nSPS) is 17.4. The molecule has 1 heterocycles. The number of carboxylic acid groups (broad SMARTS) is 1. The highest BCUT2D eigenvalue weighted by molar-refractivity contribution is 7.98. The molecular weight excluding hydrogens is 979 g/mol. The van der Waals surface area contributed by atoms with E-state index in [0.29, 0.717) is 17.7 Å². The third kappa shape index (κ3) is 21.2. The monoisotopic (exact) mass is 1050 g/mol. The molecule has 26 nitrogen and oxygen atoms in total. The zero-order valence-corrected chi connectivity index (χ0v) is 42.7. The Morgan fingerprint density at radius 3 is 1.66 bits per heavy atom. The lowest BCUT2D eigenvalue weighted by Gasteiger charge is -2.32. The Hall–Kier alpha value is -6.58. The maximum Gasteiger partial charge on any atom is 0.328 e. The first-order valence-corrected chi connectivity index (χ1v) is 25.2. The van der Waals surface area contributed by atoms with Crippen molar-refractivity contribution in [2.24, 2.45) is 23.1 Å². The molecule has 27 heteroatoms. The van der Waals surface area contributed by atoms with E-state index in [9.17, 15) is 73.2 Å². The molecule has 0 aliphatic carbocycles. The fourth-order valence-corrected chi connectivity index (χ4v) is 8.02. The Labute approximate surface area is 427 Å². The number of thioether (sulfide) groups is 1. The number of phenols is 1. The van der Waals surface area contributed by atoms with E-state index in [4.69, 9.17) is 17.2 Å². The van der Waals surface area contributed by atoms with Gasteiger partial charge in [0.2, 0.25) is 59.1 Å². The number of rotatable bonds is 31. The predicted molar refractivity (Wildman–Crippen MR) is 264 cm³/mol. The number of nitrogens with one attached hydrogen (secondary N) is 7. The van der Waals surface area contributed by atoms with Crippen LogP contribution in [0.4, 0.5) is 0 Å². The molecule has 73 heavy (non-hydrogen) atoms. The molecule has 408 valence electrons. The first-order valence-electron chi connectivity index (χ1n) is 23.8. The Kier molecular flexibility index (Phi) is 26.1. The van der Waals surface area contributed by atoms with Crippen LogP contribution in [-0.4, -0.2) is 176 Å². The van der Waals surface area contributed by atoms with Crippen LogP contribution in [-0.2, 0) is 59.2 Å². The molecule has 10 amide bonds. The van der Waals surface area contributed by atoms with Crippen LogP contribution in [0.1, 0.15) is 91.5 Å².